The van der Waals surface area contributed by atoms with E-state index in [1.165, 1.54) is 25.3 Å². The standard InChI is InChI=1S/C8H10IN3O.C6H8IN3.C6H15N.C2H3ClO/c1-6(13)11-2-3-12-5-10-8(9)7(12)4-11;7-6-5-3-8-1-2-10(5)4-9-6;1-4-7(5-2)6-3;1-2-4-3/h5H,2-4H2,1H3;4,8H,1-3H2;4-6H2,1-3H3;2H,1H2. The third-order valence-corrected chi connectivity index (χ3v) is 7.34. The molecule has 0 fully saturated rings. The molecule has 0 saturated heterocycles. The molecule has 2 aromatic heterocycles. The predicted octanol–water partition coefficient (Wildman–Crippen LogP) is 4.09. The number of hydrogen-bond donors (Lipinski definition) is 1. The van der Waals surface area contributed by atoms with Crippen LogP contribution >= 0.6 is 57.0 Å². The van der Waals surface area contributed by atoms with Crippen molar-refractivity contribution in [2.24, 2.45) is 0 Å². The molecule has 0 aromatic carbocycles. The normalized spacial score (nSPS) is 13.7. The van der Waals surface area contributed by atoms with Crippen molar-refractivity contribution in [3.63, 3.8) is 0 Å². The van der Waals surface area contributed by atoms with Crippen LogP contribution in [0.1, 0.15) is 39.1 Å². The van der Waals surface area contributed by atoms with Crippen molar-refractivity contribution in [1.29, 1.82) is 0 Å². The molecule has 4 rings (SSSR count). The lowest BCUT2D eigenvalue weighted by atomic mass is 10.3. The Balaban J connectivity index is 0.000000246. The summed E-state index contributed by atoms with van der Waals surface area (Å²) in [6.07, 6.45) is 4.90. The Morgan fingerprint density at radius 2 is 1.65 bits per heavy atom. The average Bonchev–Trinajstić information content (AvgIpc) is 3.43. The summed E-state index contributed by atoms with van der Waals surface area (Å²) in [4.78, 5) is 23.8. The molecule has 9 nitrogen and oxygen atoms in total. The van der Waals surface area contributed by atoms with Gasteiger partial charge in [0, 0.05) is 39.6 Å². The minimum atomic E-state index is 0.142. The number of aromatic nitrogens is 4. The van der Waals surface area contributed by atoms with Crippen molar-refractivity contribution in [1.82, 2.24) is 34.2 Å². The van der Waals surface area contributed by atoms with E-state index < -0.39 is 0 Å². The number of hydrogen-bond acceptors (Lipinski definition) is 6. The molecule has 0 bridgehead atoms. The number of carbonyl (C=O) groups excluding carboxylic acids is 1. The third kappa shape index (κ3) is 10.4. The van der Waals surface area contributed by atoms with Gasteiger partial charge in [-0.3, -0.25) is 4.79 Å². The minimum absolute atomic E-state index is 0.142. The summed E-state index contributed by atoms with van der Waals surface area (Å²) in [5.41, 5.74) is 2.48. The van der Waals surface area contributed by atoms with E-state index in [4.69, 9.17) is 0 Å². The van der Waals surface area contributed by atoms with E-state index in [1.807, 2.05) is 17.6 Å². The number of carbonyl (C=O) groups is 1. The molecule has 12 heteroatoms. The van der Waals surface area contributed by atoms with Crippen LogP contribution in [0.2, 0.25) is 0 Å². The number of rotatable bonds is 4. The number of fused-ring (bicyclic) bond motifs is 2. The van der Waals surface area contributed by atoms with Gasteiger partial charge in [0.05, 0.1) is 30.6 Å². The van der Waals surface area contributed by atoms with Crippen molar-refractivity contribution in [2.45, 2.75) is 53.9 Å². The lowest BCUT2D eigenvalue weighted by Crippen LogP contribution is -2.36. The second-order valence-electron chi connectivity index (χ2n) is 7.34. The highest BCUT2D eigenvalue weighted by Crippen LogP contribution is 2.17. The van der Waals surface area contributed by atoms with Crippen LogP contribution < -0.4 is 5.32 Å². The molecule has 4 heterocycles. The van der Waals surface area contributed by atoms with Crippen LogP contribution in [-0.4, -0.2) is 67.5 Å². The molecule has 2 aromatic rings. The van der Waals surface area contributed by atoms with E-state index in [-0.39, 0.29) is 5.91 Å². The maximum absolute atomic E-state index is 11.1. The lowest BCUT2D eigenvalue weighted by molar-refractivity contribution is -0.130. The van der Waals surface area contributed by atoms with Crippen LogP contribution in [0.25, 0.3) is 0 Å². The summed E-state index contributed by atoms with van der Waals surface area (Å²) in [6.45, 7) is 20.3. The molecule has 2 aliphatic rings. The molecule has 1 amide bonds. The summed E-state index contributed by atoms with van der Waals surface area (Å²) < 4.78 is 10.2. The highest BCUT2D eigenvalue weighted by molar-refractivity contribution is 14.1. The fraction of sp³-hybridized carbons (Fsp3) is 0.591. The van der Waals surface area contributed by atoms with Crippen molar-refractivity contribution < 1.29 is 9.08 Å². The zero-order valence-corrected chi connectivity index (χ0v) is 25.5. The molecule has 0 unspecified atom stereocenters. The molecule has 34 heavy (non-hydrogen) atoms. The van der Waals surface area contributed by atoms with Gasteiger partial charge >= 0.3 is 0 Å². The third-order valence-electron chi connectivity index (χ3n) is 5.41. The van der Waals surface area contributed by atoms with Crippen LogP contribution in [0, 0.1) is 7.40 Å². The van der Waals surface area contributed by atoms with Crippen LogP contribution in [0.15, 0.2) is 25.5 Å². The first-order valence-electron chi connectivity index (χ1n) is 11.3. The van der Waals surface area contributed by atoms with Gasteiger partial charge in [-0.25, -0.2) is 9.97 Å². The number of nitrogens with one attached hydrogen (secondary N) is 1. The topological polar surface area (TPSA) is 80.5 Å². The Morgan fingerprint density at radius 1 is 1.12 bits per heavy atom. The molecule has 0 spiro atoms. The fourth-order valence-electron chi connectivity index (χ4n) is 3.32. The van der Waals surface area contributed by atoms with Crippen LogP contribution in [0.3, 0.4) is 0 Å². The van der Waals surface area contributed by atoms with Gasteiger partial charge in [-0.15, -0.1) is 0 Å². The van der Waals surface area contributed by atoms with Crippen LogP contribution in [0.4, 0.5) is 0 Å². The summed E-state index contributed by atoms with van der Waals surface area (Å²) in [7, 11) is 0. The quantitative estimate of drug-likeness (QED) is 0.379. The number of imidazole rings is 2. The molecule has 1 N–H and O–H groups in total. The van der Waals surface area contributed by atoms with Gasteiger partial charge in [0.2, 0.25) is 5.91 Å². The summed E-state index contributed by atoms with van der Waals surface area (Å²) in [6, 6.07) is 0. The Hall–Kier alpha value is -0.900. The maximum Gasteiger partial charge on any atom is 0.219 e. The Labute approximate surface area is 235 Å². The van der Waals surface area contributed by atoms with Crippen LogP contribution in [0.5, 0.6) is 0 Å². The zero-order valence-electron chi connectivity index (χ0n) is 20.4. The van der Waals surface area contributed by atoms with Gasteiger partial charge in [0.25, 0.3) is 0 Å². The van der Waals surface area contributed by atoms with E-state index >= 15 is 0 Å². The monoisotopic (exact) mass is 719 g/mol. The highest BCUT2D eigenvalue weighted by atomic mass is 127. The van der Waals surface area contributed by atoms with E-state index in [2.05, 4.69) is 118 Å². The molecule has 0 atom stereocenters. The van der Waals surface area contributed by atoms with E-state index in [1.54, 1.807) is 6.92 Å². The second kappa shape index (κ2) is 17.5. The molecule has 0 radical (unpaired) electrons. The molecule has 0 saturated carbocycles. The SMILES string of the molecule is C=COCl.CC(=O)N1CCn2cnc(I)c2C1.CCN(CC)CC.Ic1ncn2c1CNCC2. The summed E-state index contributed by atoms with van der Waals surface area (Å²) in [5, 5.41) is 3.30. The van der Waals surface area contributed by atoms with E-state index in [9.17, 15) is 4.79 Å². The Morgan fingerprint density at radius 3 is 2.09 bits per heavy atom. The van der Waals surface area contributed by atoms with Gasteiger partial charge in [-0.2, -0.15) is 0 Å². The molecule has 0 aliphatic carbocycles. The Bertz CT molecular complexity index is 866. The number of amides is 1. The van der Waals surface area contributed by atoms with Crippen molar-refractivity contribution >= 4 is 63.0 Å². The van der Waals surface area contributed by atoms with Gasteiger partial charge in [0.1, 0.15) is 25.5 Å². The minimum Gasteiger partial charge on any atom is -0.394 e. The van der Waals surface area contributed by atoms with Gasteiger partial charge in [-0.1, -0.05) is 27.4 Å². The van der Waals surface area contributed by atoms with Crippen molar-refractivity contribution in [2.75, 3.05) is 32.7 Å². The zero-order chi connectivity index (χ0) is 25.5. The largest absolute Gasteiger partial charge is 0.394 e. The van der Waals surface area contributed by atoms with Gasteiger partial charge < -0.3 is 28.5 Å². The molecular weight excluding hydrogens is 684 g/mol. The lowest BCUT2D eigenvalue weighted by Gasteiger charge is -2.27. The summed E-state index contributed by atoms with van der Waals surface area (Å²) in [5.74, 6) is 0.142. The first-order valence-corrected chi connectivity index (χ1v) is 13.7. The van der Waals surface area contributed by atoms with Crippen molar-refractivity contribution in [3.05, 3.63) is 44.3 Å². The molecular formula is C22H36ClI2N7O2. The summed E-state index contributed by atoms with van der Waals surface area (Å²) >= 11 is 9.04. The highest BCUT2D eigenvalue weighted by Gasteiger charge is 2.20. The number of halogens is 3. The molecule has 192 valence electrons. The Kier molecular flexibility index (Phi) is 16.0. The van der Waals surface area contributed by atoms with Gasteiger partial charge in [-0.05, 0) is 64.8 Å². The molecule has 2 aliphatic heterocycles. The first-order chi connectivity index (χ1) is 16.3. The van der Waals surface area contributed by atoms with Crippen molar-refractivity contribution in [3.8, 4) is 0 Å². The second-order valence-corrected chi connectivity index (χ2v) is 9.57. The van der Waals surface area contributed by atoms with Gasteiger partial charge in [0.15, 0.2) is 0 Å². The van der Waals surface area contributed by atoms with E-state index in [0.29, 0.717) is 6.54 Å². The maximum atomic E-state index is 11.1. The predicted molar refractivity (Wildman–Crippen MR) is 153 cm³/mol. The number of nitrogens with zero attached hydrogens (tertiary/aromatic N) is 6. The average molecular weight is 720 g/mol. The first kappa shape index (κ1) is 31.1. The van der Waals surface area contributed by atoms with E-state index in [0.717, 1.165) is 52.1 Å². The van der Waals surface area contributed by atoms with Crippen LogP contribution in [-0.2, 0) is 35.3 Å². The fourth-order valence-corrected chi connectivity index (χ4v) is 4.55. The smallest absolute Gasteiger partial charge is 0.219 e.